The molecule has 106 valence electrons. The third-order valence-electron chi connectivity index (χ3n) is 3.58. The Balaban J connectivity index is 2.22. The van der Waals surface area contributed by atoms with E-state index in [0.717, 1.165) is 11.4 Å². The van der Waals surface area contributed by atoms with Crippen LogP contribution in [0.5, 0.6) is 5.75 Å². The van der Waals surface area contributed by atoms with Gasteiger partial charge in [-0.05, 0) is 36.4 Å². The fraction of sp³-hybridized carbons (Fsp3) is 0.294. The maximum Gasteiger partial charge on any atom is 0.119 e. The first-order valence-electron chi connectivity index (χ1n) is 6.90. The third kappa shape index (κ3) is 3.22. The monoisotopic (exact) mass is 285 g/mol. The Kier molecular flexibility index (Phi) is 4.19. The molecule has 20 heavy (non-hydrogen) atoms. The smallest absolute Gasteiger partial charge is 0.119 e. The van der Waals surface area contributed by atoms with Crippen molar-refractivity contribution in [2.24, 2.45) is 0 Å². The second kappa shape index (κ2) is 5.71. The van der Waals surface area contributed by atoms with E-state index in [-0.39, 0.29) is 0 Å². The highest BCUT2D eigenvalue weighted by Crippen LogP contribution is 2.25. The number of rotatable bonds is 4. The van der Waals surface area contributed by atoms with Crippen molar-refractivity contribution in [3.8, 4) is 5.75 Å². The largest absolute Gasteiger partial charge is 0.497 e. The minimum Gasteiger partial charge on any atom is -0.497 e. The van der Waals surface area contributed by atoms with Crippen molar-refractivity contribution in [2.45, 2.75) is 19.6 Å². The van der Waals surface area contributed by atoms with Crippen LogP contribution in [0.2, 0.25) is 19.6 Å². The Bertz CT molecular complexity index is 555. The molecule has 3 heteroatoms. The van der Waals surface area contributed by atoms with Gasteiger partial charge in [-0.3, -0.25) is 0 Å². The van der Waals surface area contributed by atoms with Crippen molar-refractivity contribution in [3.63, 3.8) is 0 Å². The number of methoxy groups -OCH3 is 1. The fourth-order valence-corrected chi connectivity index (χ4v) is 3.31. The minimum atomic E-state index is -1.22. The van der Waals surface area contributed by atoms with Gasteiger partial charge in [-0.1, -0.05) is 37.0 Å². The quantitative estimate of drug-likeness (QED) is 0.787. The van der Waals surface area contributed by atoms with Crippen molar-refractivity contribution in [3.05, 3.63) is 48.5 Å². The number of benzene rings is 2. The van der Waals surface area contributed by atoms with Crippen LogP contribution in [-0.4, -0.2) is 22.2 Å². The highest BCUT2D eigenvalue weighted by molar-refractivity contribution is 6.88. The van der Waals surface area contributed by atoms with E-state index in [2.05, 4.69) is 68.0 Å². The molecule has 0 bridgehead atoms. The molecule has 0 saturated carbocycles. The van der Waals surface area contributed by atoms with Crippen LogP contribution in [-0.2, 0) is 0 Å². The summed E-state index contributed by atoms with van der Waals surface area (Å²) in [5, 5.41) is 1.49. The zero-order chi connectivity index (χ0) is 14.8. The van der Waals surface area contributed by atoms with Crippen molar-refractivity contribution in [1.29, 1.82) is 0 Å². The van der Waals surface area contributed by atoms with Gasteiger partial charge >= 0.3 is 0 Å². The first-order chi connectivity index (χ1) is 9.41. The van der Waals surface area contributed by atoms with Crippen LogP contribution in [0.15, 0.2) is 48.5 Å². The van der Waals surface area contributed by atoms with Gasteiger partial charge in [-0.2, -0.15) is 0 Å². The Morgan fingerprint density at radius 2 is 1.25 bits per heavy atom. The summed E-state index contributed by atoms with van der Waals surface area (Å²) >= 11 is 0. The molecule has 0 aliphatic heterocycles. The normalized spacial score (nSPS) is 11.2. The lowest BCUT2D eigenvalue weighted by Crippen LogP contribution is -2.37. The van der Waals surface area contributed by atoms with Crippen LogP contribution in [0.25, 0.3) is 0 Å². The molecular formula is C17H23NOSi. The average Bonchev–Trinajstić information content (AvgIpc) is 2.46. The van der Waals surface area contributed by atoms with E-state index < -0.39 is 8.07 Å². The van der Waals surface area contributed by atoms with Crippen LogP contribution < -0.4 is 14.8 Å². The zero-order valence-corrected chi connectivity index (χ0v) is 14.0. The molecule has 0 spiro atoms. The molecule has 0 aliphatic carbocycles. The van der Waals surface area contributed by atoms with Gasteiger partial charge in [0, 0.05) is 18.4 Å². The van der Waals surface area contributed by atoms with E-state index in [1.165, 1.54) is 10.9 Å². The van der Waals surface area contributed by atoms with Gasteiger partial charge in [-0.25, -0.2) is 0 Å². The van der Waals surface area contributed by atoms with E-state index in [1.54, 1.807) is 7.11 Å². The van der Waals surface area contributed by atoms with E-state index in [0.29, 0.717) is 0 Å². The number of ether oxygens (including phenoxy) is 1. The molecule has 0 atom stereocenters. The Morgan fingerprint density at radius 3 is 1.65 bits per heavy atom. The summed E-state index contributed by atoms with van der Waals surface area (Å²) in [5.41, 5.74) is 2.36. The average molecular weight is 285 g/mol. The first-order valence-corrected chi connectivity index (χ1v) is 10.4. The third-order valence-corrected chi connectivity index (χ3v) is 5.65. The Labute approximate surface area is 123 Å². The van der Waals surface area contributed by atoms with Gasteiger partial charge < -0.3 is 9.64 Å². The highest BCUT2D eigenvalue weighted by atomic mass is 28.3. The molecule has 2 aromatic rings. The summed E-state index contributed by atoms with van der Waals surface area (Å²) in [7, 11) is 2.56. The van der Waals surface area contributed by atoms with Gasteiger partial charge in [-0.15, -0.1) is 0 Å². The van der Waals surface area contributed by atoms with Crippen molar-refractivity contribution in [2.75, 3.05) is 19.1 Å². The van der Waals surface area contributed by atoms with Gasteiger partial charge in [0.1, 0.15) is 5.75 Å². The van der Waals surface area contributed by atoms with Crippen molar-refractivity contribution < 1.29 is 4.74 Å². The Morgan fingerprint density at radius 1 is 0.800 bits per heavy atom. The summed E-state index contributed by atoms with van der Waals surface area (Å²) in [6.07, 6.45) is 0. The maximum absolute atomic E-state index is 5.19. The Hall–Kier alpha value is -1.74. The molecule has 0 amide bonds. The van der Waals surface area contributed by atoms with Crippen LogP contribution >= 0.6 is 0 Å². The standard InChI is InChI=1S/C17H23NOSi/c1-18(14-6-10-16(19-2)11-7-14)15-8-12-17(13-9-15)20(3,4)5/h6-13H,1-5H3. The SMILES string of the molecule is COc1ccc(N(C)c2ccc([Si](C)(C)C)cc2)cc1. The van der Waals surface area contributed by atoms with Gasteiger partial charge in [0.15, 0.2) is 0 Å². The number of anilines is 2. The molecule has 2 aromatic carbocycles. The van der Waals surface area contributed by atoms with Gasteiger partial charge in [0.05, 0.1) is 15.2 Å². The van der Waals surface area contributed by atoms with Crippen LogP contribution in [0, 0.1) is 0 Å². The lowest BCUT2D eigenvalue weighted by molar-refractivity contribution is 0.415. The maximum atomic E-state index is 5.19. The second-order valence-electron chi connectivity index (χ2n) is 6.05. The zero-order valence-electron chi connectivity index (χ0n) is 13.0. The van der Waals surface area contributed by atoms with E-state index >= 15 is 0 Å². The topological polar surface area (TPSA) is 12.5 Å². The summed E-state index contributed by atoms with van der Waals surface area (Å²) < 4.78 is 5.19. The minimum absolute atomic E-state index is 0.885. The molecule has 0 aliphatic rings. The molecular weight excluding hydrogens is 262 g/mol. The number of nitrogens with zero attached hydrogens (tertiary/aromatic N) is 1. The van der Waals surface area contributed by atoms with Crippen molar-refractivity contribution in [1.82, 2.24) is 0 Å². The predicted octanol–water partition coefficient (Wildman–Crippen LogP) is 4.01. The second-order valence-corrected chi connectivity index (χ2v) is 11.1. The molecule has 0 heterocycles. The summed E-state index contributed by atoms with van der Waals surface area (Å²) in [4.78, 5) is 2.19. The lowest BCUT2D eigenvalue weighted by atomic mass is 10.2. The van der Waals surface area contributed by atoms with E-state index in [4.69, 9.17) is 4.74 Å². The van der Waals surface area contributed by atoms with Gasteiger partial charge in [0.25, 0.3) is 0 Å². The lowest BCUT2D eigenvalue weighted by Gasteiger charge is -2.22. The molecule has 2 rings (SSSR count). The van der Waals surface area contributed by atoms with Crippen LogP contribution in [0.1, 0.15) is 0 Å². The molecule has 0 N–H and O–H groups in total. The fourth-order valence-electron chi connectivity index (χ4n) is 2.14. The summed E-state index contributed by atoms with van der Waals surface area (Å²) in [6, 6.07) is 17.1. The summed E-state index contributed by atoms with van der Waals surface area (Å²) in [5.74, 6) is 0.885. The molecule has 2 nitrogen and oxygen atoms in total. The molecule has 0 aromatic heterocycles. The van der Waals surface area contributed by atoms with E-state index in [9.17, 15) is 0 Å². The molecule has 0 radical (unpaired) electrons. The van der Waals surface area contributed by atoms with Crippen molar-refractivity contribution >= 4 is 24.6 Å². The predicted molar refractivity (Wildman–Crippen MR) is 90.5 cm³/mol. The first kappa shape index (κ1) is 14.7. The highest BCUT2D eigenvalue weighted by Gasteiger charge is 2.16. The van der Waals surface area contributed by atoms with Gasteiger partial charge in [0.2, 0.25) is 0 Å². The van der Waals surface area contributed by atoms with Crippen LogP contribution in [0.4, 0.5) is 11.4 Å². The molecule has 0 unspecified atom stereocenters. The molecule has 0 saturated heterocycles. The molecule has 0 fully saturated rings. The number of hydrogen-bond donors (Lipinski definition) is 0. The number of hydrogen-bond acceptors (Lipinski definition) is 2. The van der Waals surface area contributed by atoms with E-state index in [1.807, 2.05) is 12.1 Å². The van der Waals surface area contributed by atoms with Crippen LogP contribution in [0.3, 0.4) is 0 Å². The summed E-state index contributed by atoms with van der Waals surface area (Å²) in [6.45, 7) is 7.11.